The number of carbonyl (C=O) groups is 1. The van der Waals surface area contributed by atoms with Crippen molar-refractivity contribution in [3.8, 4) is 0 Å². The zero-order chi connectivity index (χ0) is 13.7. The third kappa shape index (κ3) is 4.29. The Morgan fingerprint density at radius 1 is 1.37 bits per heavy atom. The minimum Gasteiger partial charge on any atom is -0.355 e. The van der Waals surface area contributed by atoms with E-state index in [9.17, 15) is 4.79 Å². The number of para-hydroxylation sites is 1. The smallest absolute Gasteiger partial charge is 0.233 e. The first-order chi connectivity index (χ1) is 9.15. The molecule has 0 atom stereocenters. The van der Waals surface area contributed by atoms with Crippen LogP contribution in [0.1, 0.15) is 18.9 Å². The Hall–Kier alpha value is -1.46. The summed E-state index contributed by atoms with van der Waals surface area (Å²) in [7, 11) is 0. The molecule has 5 heteroatoms. The van der Waals surface area contributed by atoms with E-state index in [1.165, 1.54) is 4.70 Å². The molecule has 0 aliphatic carbocycles. The van der Waals surface area contributed by atoms with Crippen molar-refractivity contribution in [2.24, 2.45) is 5.92 Å². The van der Waals surface area contributed by atoms with Gasteiger partial charge in [-0.05, 0) is 18.1 Å². The first-order valence-corrected chi connectivity index (χ1v) is 7.28. The highest BCUT2D eigenvalue weighted by Crippen LogP contribution is 2.20. The number of fused-ring (bicyclic) bond motifs is 1. The van der Waals surface area contributed by atoms with Gasteiger partial charge in [0.05, 0.1) is 16.8 Å². The van der Waals surface area contributed by atoms with Crippen LogP contribution in [0.3, 0.4) is 0 Å². The summed E-state index contributed by atoms with van der Waals surface area (Å²) in [6, 6.07) is 8.06. The quantitative estimate of drug-likeness (QED) is 0.850. The molecule has 2 rings (SSSR count). The van der Waals surface area contributed by atoms with Crippen LogP contribution >= 0.6 is 11.3 Å². The van der Waals surface area contributed by atoms with E-state index in [1.807, 2.05) is 18.2 Å². The van der Waals surface area contributed by atoms with E-state index in [4.69, 9.17) is 0 Å². The van der Waals surface area contributed by atoms with Crippen molar-refractivity contribution in [1.82, 2.24) is 15.6 Å². The van der Waals surface area contributed by atoms with Gasteiger partial charge >= 0.3 is 0 Å². The van der Waals surface area contributed by atoms with Gasteiger partial charge < -0.3 is 10.6 Å². The molecular formula is C14H19N3OS. The number of benzene rings is 1. The lowest BCUT2D eigenvalue weighted by molar-refractivity contribution is -0.120. The lowest BCUT2D eigenvalue weighted by atomic mass is 10.2. The molecule has 2 aromatic rings. The molecule has 0 spiro atoms. The van der Waals surface area contributed by atoms with Crippen molar-refractivity contribution in [2.75, 3.05) is 13.1 Å². The summed E-state index contributed by atoms with van der Waals surface area (Å²) in [6.07, 6.45) is 0. The van der Waals surface area contributed by atoms with Crippen LogP contribution in [0.4, 0.5) is 0 Å². The molecule has 4 nitrogen and oxygen atoms in total. The molecule has 0 aliphatic rings. The number of thiazole rings is 1. The van der Waals surface area contributed by atoms with Gasteiger partial charge in [0.25, 0.3) is 0 Å². The second kappa shape index (κ2) is 6.63. The predicted molar refractivity (Wildman–Crippen MR) is 79.2 cm³/mol. The third-order valence-electron chi connectivity index (χ3n) is 2.61. The van der Waals surface area contributed by atoms with Gasteiger partial charge in [0, 0.05) is 13.1 Å². The highest BCUT2D eigenvalue weighted by Gasteiger charge is 2.05. The Bertz CT molecular complexity index is 517. The molecule has 19 heavy (non-hydrogen) atoms. The van der Waals surface area contributed by atoms with Crippen LogP contribution in [-0.2, 0) is 11.3 Å². The van der Waals surface area contributed by atoms with Crippen LogP contribution in [0, 0.1) is 5.92 Å². The number of carbonyl (C=O) groups excluding carboxylic acids is 1. The minimum absolute atomic E-state index is 0.0369. The molecule has 1 aromatic carbocycles. The average molecular weight is 277 g/mol. The highest BCUT2D eigenvalue weighted by molar-refractivity contribution is 7.18. The maximum Gasteiger partial charge on any atom is 0.233 e. The van der Waals surface area contributed by atoms with Crippen LogP contribution in [0.25, 0.3) is 10.2 Å². The van der Waals surface area contributed by atoms with Crippen LogP contribution in [-0.4, -0.2) is 24.0 Å². The predicted octanol–water partition coefficient (Wildman–Crippen LogP) is 2.16. The summed E-state index contributed by atoms with van der Waals surface area (Å²) in [5.41, 5.74) is 1.02. The summed E-state index contributed by atoms with van der Waals surface area (Å²) in [5, 5.41) is 7.01. The maximum absolute atomic E-state index is 11.5. The molecule has 0 saturated heterocycles. The summed E-state index contributed by atoms with van der Waals surface area (Å²) in [4.78, 5) is 16.0. The van der Waals surface area contributed by atoms with Gasteiger partial charge in [0.1, 0.15) is 5.01 Å². The Morgan fingerprint density at radius 2 is 2.16 bits per heavy atom. The molecule has 0 fully saturated rings. The van der Waals surface area contributed by atoms with E-state index in [0.29, 0.717) is 19.0 Å². The fourth-order valence-electron chi connectivity index (χ4n) is 1.66. The number of hydrogen-bond acceptors (Lipinski definition) is 4. The van der Waals surface area contributed by atoms with E-state index in [-0.39, 0.29) is 5.91 Å². The molecule has 2 N–H and O–H groups in total. The number of nitrogens with one attached hydrogen (secondary N) is 2. The topological polar surface area (TPSA) is 54.0 Å². The Morgan fingerprint density at radius 3 is 2.89 bits per heavy atom. The lowest BCUT2D eigenvalue weighted by Gasteiger charge is -2.07. The molecule has 0 radical (unpaired) electrons. The van der Waals surface area contributed by atoms with Gasteiger partial charge in [-0.15, -0.1) is 11.3 Å². The number of amides is 1. The monoisotopic (exact) mass is 277 g/mol. The van der Waals surface area contributed by atoms with Gasteiger partial charge in [-0.25, -0.2) is 4.98 Å². The van der Waals surface area contributed by atoms with Crippen LogP contribution < -0.4 is 10.6 Å². The van der Waals surface area contributed by atoms with E-state index in [1.54, 1.807) is 11.3 Å². The highest BCUT2D eigenvalue weighted by atomic mass is 32.1. The van der Waals surface area contributed by atoms with Crippen molar-refractivity contribution in [1.29, 1.82) is 0 Å². The van der Waals surface area contributed by atoms with Crippen LogP contribution in [0.5, 0.6) is 0 Å². The summed E-state index contributed by atoms with van der Waals surface area (Å²) < 4.78 is 1.18. The largest absolute Gasteiger partial charge is 0.355 e. The standard InChI is InChI=1S/C14H19N3OS/c1-10(2)7-16-13(18)8-15-9-14-17-11-5-3-4-6-12(11)19-14/h3-6,10,15H,7-9H2,1-2H3,(H,16,18). The van der Waals surface area contributed by atoms with E-state index < -0.39 is 0 Å². The number of hydrogen-bond donors (Lipinski definition) is 2. The maximum atomic E-state index is 11.5. The van der Waals surface area contributed by atoms with Crippen molar-refractivity contribution in [2.45, 2.75) is 20.4 Å². The second-order valence-corrected chi connectivity index (χ2v) is 5.99. The summed E-state index contributed by atoms with van der Waals surface area (Å²) in [5.74, 6) is 0.517. The van der Waals surface area contributed by atoms with Crippen LogP contribution in [0.2, 0.25) is 0 Å². The van der Waals surface area contributed by atoms with Gasteiger partial charge in [0.15, 0.2) is 0 Å². The van der Waals surface area contributed by atoms with Crippen molar-refractivity contribution < 1.29 is 4.79 Å². The fourth-order valence-corrected chi connectivity index (χ4v) is 2.60. The normalized spacial score (nSPS) is 11.1. The second-order valence-electron chi connectivity index (χ2n) is 4.88. The minimum atomic E-state index is 0.0369. The van der Waals surface area contributed by atoms with Crippen molar-refractivity contribution in [3.05, 3.63) is 29.3 Å². The van der Waals surface area contributed by atoms with E-state index in [0.717, 1.165) is 17.1 Å². The fraction of sp³-hybridized carbons (Fsp3) is 0.429. The Kier molecular flexibility index (Phi) is 4.87. The zero-order valence-electron chi connectivity index (χ0n) is 11.3. The Labute approximate surface area is 117 Å². The first-order valence-electron chi connectivity index (χ1n) is 6.47. The van der Waals surface area contributed by atoms with Crippen molar-refractivity contribution in [3.63, 3.8) is 0 Å². The first kappa shape index (κ1) is 14.0. The molecule has 0 aliphatic heterocycles. The van der Waals surface area contributed by atoms with Crippen molar-refractivity contribution >= 4 is 27.5 Å². The summed E-state index contributed by atoms with van der Waals surface area (Å²) >= 11 is 1.66. The van der Waals surface area contributed by atoms with E-state index >= 15 is 0 Å². The SMILES string of the molecule is CC(C)CNC(=O)CNCc1nc2ccccc2s1. The van der Waals surface area contributed by atoms with E-state index in [2.05, 4.69) is 35.5 Å². The molecule has 1 aromatic heterocycles. The van der Waals surface area contributed by atoms with Gasteiger partial charge in [-0.1, -0.05) is 26.0 Å². The lowest BCUT2D eigenvalue weighted by Crippen LogP contribution is -2.35. The molecule has 0 unspecified atom stereocenters. The number of rotatable bonds is 6. The average Bonchev–Trinajstić information content (AvgIpc) is 2.79. The molecular weight excluding hydrogens is 258 g/mol. The van der Waals surface area contributed by atoms with Crippen LogP contribution in [0.15, 0.2) is 24.3 Å². The van der Waals surface area contributed by atoms with Gasteiger partial charge in [0.2, 0.25) is 5.91 Å². The molecule has 102 valence electrons. The van der Waals surface area contributed by atoms with Gasteiger partial charge in [-0.2, -0.15) is 0 Å². The molecule has 1 amide bonds. The molecule has 0 bridgehead atoms. The summed E-state index contributed by atoms with van der Waals surface area (Å²) in [6.45, 7) is 5.85. The number of aromatic nitrogens is 1. The molecule has 0 saturated carbocycles. The third-order valence-corrected chi connectivity index (χ3v) is 3.64. The molecule has 1 heterocycles. The van der Waals surface area contributed by atoms with Gasteiger partial charge in [-0.3, -0.25) is 4.79 Å². The zero-order valence-corrected chi connectivity index (χ0v) is 12.1. The Balaban J connectivity index is 1.77. The number of nitrogens with zero attached hydrogens (tertiary/aromatic N) is 1.